The van der Waals surface area contributed by atoms with Crippen LogP contribution in [0.1, 0.15) is 20.8 Å². The maximum atomic E-state index is 12.0. The van der Waals surface area contributed by atoms with Gasteiger partial charge in [-0.05, 0) is 20.8 Å². The van der Waals surface area contributed by atoms with Crippen molar-refractivity contribution in [2.45, 2.75) is 26.3 Å². The molecule has 0 fully saturated rings. The van der Waals surface area contributed by atoms with Gasteiger partial charge in [-0.1, -0.05) is 27.5 Å². The predicted molar refractivity (Wildman–Crippen MR) is 74.3 cm³/mol. The van der Waals surface area contributed by atoms with Crippen LogP contribution in [0, 0.1) is 0 Å². The number of ether oxygens (including phenoxy) is 2. The van der Waals surface area contributed by atoms with E-state index in [1.165, 1.54) is 10.9 Å². The second-order valence-corrected chi connectivity index (χ2v) is 5.77. The van der Waals surface area contributed by atoms with Gasteiger partial charge in [0.1, 0.15) is 6.61 Å². The van der Waals surface area contributed by atoms with Gasteiger partial charge in [0.15, 0.2) is 10.8 Å². The molecule has 0 saturated carbocycles. The molecule has 0 spiro atoms. The van der Waals surface area contributed by atoms with E-state index in [0.717, 1.165) is 0 Å². The van der Waals surface area contributed by atoms with Crippen LogP contribution in [-0.4, -0.2) is 27.9 Å². The fourth-order valence-electron chi connectivity index (χ4n) is 1.21. The molecule has 0 radical (unpaired) electrons. The molecule has 0 saturated heterocycles. The monoisotopic (exact) mass is 352 g/mol. The molecule has 0 N–H and O–H groups in total. The number of nitrogens with zero attached hydrogens (tertiary/aromatic N) is 2. The quantitative estimate of drug-likeness (QED) is 0.617. The number of carbonyl (C=O) groups excluding carboxylic acids is 1. The number of halogens is 2. The normalized spacial score (nSPS) is 11.2. The Balaban J connectivity index is 2.98. The highest BCUT2D eigenvalue weighted by molar-refractivity contribution is 9.09. The summed E-state index contributed by atoms with van der Waals surface area (Å²) in [6.07, 6.45) is 0.278. The Bertz CT molecular complexity index is 524. The van der Waals surface area contributed by atoms with Gasteiger partial charge < -0.3 is 9.47 Å². The third kappa shape index (κ3) is 4.21. The molecular weight excluding hydrogens is 339 g/mol. The van der Waals surface area contributed by atoms with Crippen molar-refractivity contribution in [1.82, 2.24) is 9.78 Å². The molecule has 1 heterocycles. The molecule has 106 valence electrons. The molecule has 0 aliphatic rings. The van der Waals surface area contributed by atoms with Crippen LogP contribution in [0.3, 0.4) is 0 Å². The van der Waals surface area contributed by atoms with Crippen molar-refractivity contribution in [3.05, 3.63) is 21.6 Å². The van der Waals surface area contributed by atoms with Crippen molar-refractivity contribution in [2.24, 2.45) is 0 Å². The summed E-state index contributed by atoms with van der Waals surface area (Å²) in [6, 6.07) is 0. The topological polar surface area (TPSA) is 70.4 Å². The number of hydrogen-bond acceptors (Lipinski definition) is 5. The van der Waals surface area contributed by atoms with Gasteiger partial charge in [0, 0.05) is 5.33 Å². The highest BCUT2D eigenvalue weighted by Crippen LogP contribution is 2.21. The molecule has 0 aromatic carbocycles. The Hall–Kier alpha value is -1.08. The number of alkyl halides is 1. The van der Waals surface area contributed by atoms with Crippen molar-refractivity contribution in [1.29, 1.82) is 0 Å². The van der Waals surface area contributed by atoms with Gasteiger partial charge in [-0.3, -0.25) is 4.79 Å². The second-order valence-electron chi connectivity index (χ2n) is 4.60. The van der Waals surface area contributed by atoms with Gasteiger partial charge in [-0.25, -0.2) is 9.48 Å². The Labute approximate surface area is 123 Å². The van der Waals surface area contributed by atoms with Gasteiger partial charge in [0.2, 0.25) is 0 Å². The molecule has 0 bridgehead atoms. The molecule has 0 aliphatic carbocycles. The molecule has 0 atom stereocenters. The standard InChI is InChI=1S/C11H14BrClN2O4/c1-11(2,3)15-9(16)8(13)7(6-14-15)19-10(17)18-5-4-12/h6H,4-5H2,1-3H3. The summed E-state index contributed by atoms with van der Waals surface area (Å²) < 4.78 is 10.7. The maximum Gasteiger partial charge on any atom is 0.513 e. The van der Waals surface area contributed by atoms with E-state index < -0.39 is 17.3 Å². The number of carbonyl (C=O) groups is 1. The van der Waals surface area contributed by atoms with E-state index in [9.17, 15) is 9.59 Å². The lowest BCUT2D eigenvalue weighted by Gasteiger charge is -2.20. The third-order valence-electron chi connectivity index (χ3n) is 2.01. The van der Waals surface area contributed by atoms with E-state index in [2.05, 4.69) is 25.8 Å². The molecule has 6 nitrogen and oxygen atoms in total. The third-order valence-corrected chi connectivity index (χ3v) is 2.68. The molecule has 0 amide bonds. The van der Waals surface area contributed by atoms with Gasteiger partial charge in [-0.15, -0.1) is 0 Å². The van der Waals surface area contributed by atoms with E-state index in [0.29, 0.717) is 5.33 Å². The molecule has 1 aromatic rings. The number of hydrogen-bond donors (Lipinski definition) is 0. The Kier molecular flexibility index (Phi) is 5.37. The molecule has 8 heteroatoms. The van der Waals surface area contributed by atoms with Crippen molar-refractivity contribution in [2.75, 3.05) is 11.9 Å². The van der Waals surface area contributed by atoms with Crippen molar-refractivity contribution < 1.29 is 14.3 Å². The zero-order chi connectivity index (χ0) is 14.6. The Morgan fingerprint density at radius 2 is 2.16 bits per heavy atom. The first-order valence-electron chi connectivity index (χ1n) is 5.46. The van der Waals surface area contributed by atoms with Gasteiger partial charge >= 0.3 is 6.16 Å². The van der Waals surface area contributed by atoms with Crippen LogP contribution in [0.5, 0.6) is 5.75 Å². The highest BCUT2D eigenvalue weighted by Gasteiger charge is 2.21. The van der Waals surface area contributed by atoms with Crippen molar-refractivity contribution >= 4 is 33.7 Å². The van der Waals surface area contributed by atoms with Gasteiger partial charge in [0.05, 0.1) is 11.7 Å². The average molecular weight is 354 g/mol. The smallest absolute Gasteiger partial charge is 0.433 e. The summed E-state index contributed by atoms with van der Waals surface area (Å²) in [6.45, 7) is 5.58. The summed E-state index contributed by atoms with van der Waals surface area (Å²) in [5, 5.41) is 4.20. The molecule has 0 aliphatic heterocycles. The van der Waals surface area contributed by atoms with E-state index in [1.54, 1.807) is 0 Å². The number of aromatic nitrogens is 2. The lowest BCUT2D eigenvalue weighted by atomic mass is 10.1. The molecule has 1 aromatic heterocycles. The van der Waals surface area contributed by atoms with Crippen LogP contribution >= 0.6 is 27.5 Å². The second kappa shape index (κ2) is 6.38. The summed E-state index contributed by atoms with van der Waals surface area (Å²) in [5.74, 6) is -0.119. The molecule has 1 rings (SSSR count). The lowest BCUT2D eigenvalue weighted by molar-refractivity contribution is 0.105. The minimum absolute atomic E-state index is 0.119. The average Bonchev–Trinajstić information content (AvgIpc) is 2.31. The predicted octanol–water partition coefficient (Wildman–Crippen LogP) is 2.56. The van der Waals surface area contributed by atoms with E-state index in [1.807, 2.05) is 20.8 Å². The van der Waals surface area contributed by atoms with Crippen LogP contribution in [0.25, 0.3) is 0 Å². The zero-order valence-corrected chi connectivity index (χ0v) is 13.1. The zero-order valence-electron chi connectivity index (χ0n) is 10.8. The molecule has 0 unspecified atom stereocenters. The summed E-state index contributed by atoms with van der Waals surface area (Å²) in [4.78, 5) is 23.2. The number of rotatable bonds is 3. The minimum Gasteiger partial charge on any atom is -0.433 e. The Morgan fingerprint density at radius 1 is 1.53 bits per heavy atom. The summed E-state index contributed by atoms with van der Waals surface area (Å²) in [7, 11) is 0. The van der Waals surface area contributed by atoms with E-state index in [-0.39, 0.29) is 17.4 Å². The summed E-state index contributed by atoms with van der Waals surface area (Å²) in [5.41, 5.74) is -1.05. The minimum atomic E-state index is -0.934. The fraction of sp³-hybridized carbons (Fsp3) is 0.545. The summed E-state index contributed by atoms with van der Waals surface area (Å²) >= 11 is 8.96. The SMILES string of the molecule is CC(C)(C)n1ncc(OC(=O)OCCBr)c(Cl)c1=O. The van der Waals surface area contributed by atoms with E-state index >= 15 is 0 Å². The molecule has 19 heavy (non-hydrogen) atoms. The highest BCUT2D eigenvalue weighted by atomic mass is 79.9. The van der Waals surface area contributed by atoms with Gasteiger partial charge in [0.25, 0.3) is 5.56 Å². The first-order valence-corrected chi connectivity index (χ1v) is 6.96. The van der Waals surface area contributed by atoms with Crippen LogP contribution in [-0.2, 0) is 10.3 Å². The lowest BCUT2D eigenvalue weighted by Crippen LogP contribution is -2.36. The maximum absolute atomic E-state index is 12.0. The van der Waals surface area contributed by atoms with Crippen LogP contribution < -0.4 is 10.3 Å². The van der Waals surface area contributed by atoms with Crippen molar-refractivity contribution in [3.63, 3.8) is 0 Å². The van der Waals surface area contributed by atoms with Crippen LogP contribution in [0.15, 0.2) is 11.0 Å². The first kappa shape index (κ1) is 16.0. The van der Waals surface area contributed by atoms with E-state index in [4.69, 9.17) is 16.3 Å². The van der Waals surface area contributed by atoms with Crippen LogP contribution in [0.2, 0.25) is 5.02 Å². The van der Waals surface area contributed by atoms with Crippen molar-refractivity contribution in [3.8, 4) is 5.75 Å². The van der Waals surface area contributed by atoms with Gasteiger partial charge in [-0.2, -0.15) is 5.10 Å². The molecular formula is C11H14BrClN2O4. The largest absolute Gasteiger partial charge is 0.513 e. The van der Waals surface area contributed by atoms with Crippen LogP contribution in [0.4, 0.5) is 4.79 Å². The Morgan fingerprint density at radius 3 is 2.68 bits per heavy atom. The first-order chi connectivity index (χ1) is 8.77. The fourth-order valence-corrected chi connectivity index (χ4v) is 1.54.